The maximum Gasteiger partial charge on any atom is 0.0614 e. The molecule has 0 aromatic heterocycles. The highest BCUT2D eigenvalue weighted by Gasteiger charge is 1.94. The monoisotopic (exact) mass is 296 g/mol. The van der Waals surface area contributed by atoms with Gasteiger partial charge in [-0.3, -0.25) is 0 Å². The number of aliphatic hydroxyl groups excluding tert-OH is 1. The van der Waals surface area contributed by atoms with Gasteiger partial charge in [-0.1, -0.05) is 102 Å². The molecule has 1 N–H and O–H groups in total. The van der Waals surface area contributed by atoms with Crippen molar-refractivity contribution in [1.82, 2.24) is 0 Å². The number of allylic oxidation sites excluding steroid dienone is 1. The second-order valence-corrected chi connectivity index (χ2v) is 6.58. The Kier molecular flexibility index (Phi) is 17.5. The Balaban J connectivity index is 3.04. The van der Waals surface area contributed by atoms with Crippen molar-refractivity contribution in [1.29, 1.82) is 0 Å². The first kappa shape index (κ1) is 20.7. The highest BCUT2D eigenvalue weighted by molar-refractivity contribution is 4.97. The first-order valence-corrected chi connectivity index (χ1v) is 9.57. The Hall–Kier alpha value is -0.300. The van der Waals surface area contributed by atoms with Crippen LogP contribution in [0.15, 0.2) is 11.6 Å². The van der Waals surface area contributed by atoms with Gasteiger partial charge in [0.1, 0.15) is 0 Å². The van der Waals surface area contributed by atoms with Crippen molar-refractivity contribution in [2.45, 2.75) is 110 Å². The highest BCUT2D eigenvalue weighted by atomic mass is 16.2. The fourth-order valence-electron chi connectivity index (χ4n) is 2.86. The minimum Gasteiger partial charge on any atom is -0.392 e. The summed E-state index contributed by atoms with van der Waals surface area (Å²) >= 11 is 0. The van der Waals surface area contributed by atoms with Crippen LogP contribution >= 0.6 is 0 Å². The quantitative estimate of drug-likeness (QED) is 0.245. The normalized spacial score (nSPS) is 12.0. The zero-order valence-electron chi connectivity index (χ0n) is 14.8. The molecule has 0 radical (unpaired) electrons. The average molecular weight is 297 g/mol. The van der Waals surface area contributed by atoms with Crippen molar-refractivity contribution in [3.63, 3.8) is 0 Å². The number of hydrogen-bond acceptors (Lipinski definition) is 1. The van der Waals surface area contributed by atoms with Gasteiger partial charge in [0.15, 0.2) is 0 Å². The molecule has 126 valence electrons. The number of unbranched alkanes of at least 4 members (excludes halogenated alkanes) is 13. The summed E-state index contributed by atoms with van der Waals surface area (Å²) in [6.45, 7) is 4.61. The van der Waals surface area contributed by atoms with E-state index in [2.05, 4.69) is 13.8 Å². The summed E-state index contributed by atoms with van der Waals surface area (Å²) in [5, 5.41) is 8.78. The SMILES string of the molecule is CCCCCCCCCCCCCCCC/C(C)=C/CO. The van der Waals surface area contributed by atoms with Crippen LogP contribution in [0.5, 0.6) is 0 Å². The minimum absolute atomic E-state index is 0.199. The molecule has 1 nitrogen and oxygen atoms in total. The molecular formula is C20H40O. The Morgan fingerprint density at radius 3 is 1.43 bits per heavy atom. The molecule has 0 saturated carbocycles. The van der Waals surface area contributed by atoms with Crippen LogP contribution in [-0.4, -0.2) is 11.7 Å². The van der Waals surface area contributed by atoms with E-state index in [1.165, 1.54) is 102 Å². The molecule has 0 heterocycles. The van der Waals surface area contributed by atoms with Crippen molar-refractivity contribution < 1.29 is 5.11 Å². The predicted octanol–water partition coefficient (Wildman–Crippen LogP) is 6.80. The van der Waals surface area contributed by atoms with E-state index in [9.17, 15) is 0 Å². The molecule has 0 aromatic rings. The molecule has 0 unspecified atom stereocenters. The molecular weight excluding hydrogens is 256 g/mol. The van der Waals surface area contributed by atoms with Gasteiger partial charge >= 0.3 is 0 Å². The summed E-state index contributed by atoms with van der Waals surface area (Å²) in [6, 6.07) is 0. The van der Waals surface area contributed by atoms with Gasteiger partial charge in [0.25, 0.3) is 0 Å². The van der Waals surface area contributed by atoms with Gasteiger partial charge < -0.3 is 5.11 Å². The second kappa shape index (κ2) is 17.8. The molecule has 0 saturated heterocycles. The van der Waals surface area contributed by atoms with Crippen molar-refractivity contribution in [2.24, 2.45) is 0 Å². The van der Waals surface area contributed by atoms with Crippen molar-refractivity contribution in [2.75, 3.05) is 6.61 Å². The Bertz CT molecular complexity index is 220. The smallest absolute Gasteiger partial charge is 0.0614 e. The van der Waals surface area contributed by atoms with Crippen molar-refractivity contribution >= 4 is 0 Å². The molecule has 1 heteroatoms. The molecule has 0 rings (SSSR count). The third-order valence-corrected chi connectivity index (χ3v) is 4.36. The largest absolute Gasteiger partial charge is 0.392 e. The Morgan fingerprint density at radius 2 is 1.05 bits per heavy atom. The third kappa shape index (κ3) is 17.6. The van der Waals surface area contributed by atoms with Crippen LogP contribution in [0.25, 0.3) is 0 Å². The lowest BCUT2D eigenvalue weighted by atomic mass is 10.0. The first-order chi connectivity index (χ1) is 10.3. The van der Waals surface area contributed by atoms with E-state index in [1.54, 1.807) is 0 Å². The van der Waals surface area contributed by atoms with E-state index in [4.69, 9.17) is 5.11 Å². The molecule has 0 atom stereocenters. The zero-order valence-corrected chi connectivity index (χ0v) is 14.8. The summed E-state index contributed by atoms with van der Waals surface area (Å²) in [5.74, 6) is 0. The number of aliphatic hydroxyl groups is 1. The van der Waals surface area contributed by atoms with Gasteiger partial charge in [0.05, 0.1) is 6.61 Å². The molecule has 21 heavy (non-hydrogen) atoms. The third-order valence-electron chi connectivity index (χ3n) is 4.36. The molecule has 0 bridgehead atoms. The van der Waals surface area contributed by atoms with Crippen LogP contribution < -0.4 is 0 Å². The minimum atomic E-state index is 0.199. The average Bonchev–Trinajstić information content (AvgIpc) is 2.48. The standard InChI is InChI=1S/C20H40O/c1-3-4-5-6-7-8-9-10-11-12-13-14-15-16-17-20(2)18-19-21/h18,21H,3-17,19H2,1-2H3/b20-18+. The number of hydrogen-bond donors (Lipinski definition) is 1. The lowest BCUT2D eigenvalue weighted by molar-refractivity contribution is 0.341. The predicted molar refractivity (Wildman–Crippen MR) is 95.8 cm³/mol. The van der Waals surface area contributed by atoms with Crippen LogP contribution in [0.2, 0.25) is 0 Å². The van der Waals surface area contributed by atoms with Gasteiger partial charge in [0, 0.05) is 0 Å². The lowest BCUT2D eigenvalue weighted by Crippen LogP contribution is -1.85. The van der Waals surface area contributed by atoms with Gasteiger partial charge in [-0.2, -0.15) is 0 Å². The van der Waals surface area contributed by atoms with Crippen molar-refractivity contribution in [3.8, 4) is 0 Å². The Morgan fingerprint density at radius 1 is 0.667 bits per heavy atom. The van der Waals surface area contributed by atoms with E-state index >= 15 is 0 Å². The summed E-state index contributed by atoms with van der Waals surface area (Å²) in [6.07, 6.45) is 22.9. The molecule has 0 aliphatic heterocycles. The lowest BCUT2D eigenvalue weighted by Gasteiger charge is -2.03. The molecule has 0 aromatic carbocycles. The van der Waals surface area contributed by atoms with Crippen LogP contribution in [0.4, 0.5) is 0 Å². The van der Waals surface area contributed by atoms with E-state index in [0.29, 0.717) is 0 Å². The van der Waals surface area contributed by atoms with E-state index in [0.717, 1.165) is 0 Å². The molecule has 0 amide bonds. The zero-order chi connectivity index (χ0) is 15.6. The topological polar surface area (TPSA) is 20.2 Å². The van der Waals surface area contributed by atoms with Crippen LogP contribution in [0.3, 0.4) is 0 Å². The first-order valence-electron chi connectivity index (χ1n) is 9.57. The van der Waals surface area contributed by atoms with Gasteiger partial charge in [0.2, 0.25) is 0 Å². The molecule has 0 spiro atoms. The van der Waals surface area contributed by atoms with E-state index < -0.39 is 0 Å². The van der Waals surface area contributed by atoms with Gasteiger partial charge in [-0.15, -0.1) is 0 Å². The second-order valence-electron chi connectivity index (χ2n) is 6.58. The fraction of sp³-hybridized carbons (Fsp3) is 0.900. The van der Waals surface area contributed by atoms with Crippen molar-refractivity contribution in [3.05, 3.63) is 11.6 Å². The summed E-state index contributed by atoms with van der Waals surface area (Å²) in [4.78, 5) is 0. The van der Waals surface area contributed by atoms with E-state index in [-0.39, 0.29) is 6.61 Å². The number of rotatable bonds is 16. The molecule has 0 fully saturated rings. The molecule has 0 aliphatic rings. The Labute approximate surface area is 134 Å². The fourth-order valence-corrected chi connectivity index (χ4v) is 2.86. The maximum absolute atomic E-state index is 8.78. The van der Waals surface area contributed by atoms with Crippen LogP contribution in [0, 0.1) is 0 Å². The van der Waals surface area contributed by atoms with E-state index in [1.807, 2.05) is 6.08 Å². The highest BCUT2D eigenvalue weighted by Crippen LogP contribution is 2.14. The van der Waals surface area contributed by atoms with Crippen LogP contribution in [-0.2, 0) is 0 Å². The van der Waals surface area contributed by atoms with Gasteiger partial charge in [-0.25, -0.2) is 0 Å². The summed E-state index contributed by atoms with van der Waals surface area (Å²) in [5.41, 5.74) is 1.34. The molecule has 0 aliphatic carbocycles. The maximum atomic E-state index is 8.78. The van der Waals surface area contributed by atoms with Crippen LogP contribution in [0.1, 0.15) is 110 Å². The summed E-state index contributed by atoms with van der Waals surface area (Å²) < 4.78 is 0. The van der Waals surface area contributed by atoms with Gasteiger partial charge in [-0.05, 0) is 19.8 Å². The summed E-state index contributed by atoms with van der Waals surface area (Å²) in [7, 11) is 0.